The third-order valence-electron chi connectivity index (χ3n) is 2.10. The zero-order valence-electron chi connectivity index (χ0n) is 9.60. The lowest BCUT2D eigenvalue weighted by Gasteiger charge is -2.04. The van der Waals surface area contributed by atoms with E-state index in [2.05, 4.69) is 10.3 Å². The summed E-state index contributed by atoms with van der Waals surface area (Å²) < 4.78 is 0. The predicted molar refractivity (Wildman–Crippen MR) is 64.8 cm³/mol. The van der Waals surface area contributed by atoms with Gasteiger partial charge in [-0.2, -0.15) is 0 Å². The zero-order chi connectivity index (χ0) is 11.8. The number of amides is 1. The molecule has 1 N–H and O–H groups in total. The maximum absolute atomic E-state index is 11.3. The highest BCUT2D eigenvalue weighted by Gasteiger charge is 1.99. The van der Waals surface area contributed by atoms with E-state index in [1.807, 2.05) is 38.1 Å². The van der Waals surface area contributed by atoms with Crippen molar-refractivity contribution < 1.29 is 4.79 Å². The van der Waals surface area contributed by atoms with E-state index in [0.717, 1.165) is 11.3 Å². The summed E-state index contributed by atoms with van der Waals surface area (Å²) in [4.78, 5) is 15.5. The number of hydrogen-bond acceptors (Lipinski definition) is 2. The van der Waals surface area contributed by atoms with Crippen molar-refractivity contribution in [2.75, 3.05) is 0 Å². The van der Waals surface area contributed by atoms with Gasteiger partial charge in [-0.05, 0) is 25.5 Å². The molecule has 0 aliphatic rings. The van der Waals surface area contributed by atoms with Gasteiger partial charge in [0.05, 0.1) is 12.2 Å². The van der Waals surface area contributed by atoms with E-state index < -0.39 is 0 Å². The third kappa shape index (κ3) is 4.09. The largest absolute Gasteiger partial charge is 0.347 e. The molecule has 0 radical (unpaired) electrons. The normalized spacial score (nSPS) is 11.1. The molecule has 0 aliphatic carbocycles. The van der Waals surface area contributed by atoms with Crippen molar-refractivity contribution in [2.45, 2.75) is 20.4 Å². The number of pyridine rings is 1. The molecular formula is C13H16N2O. The Morgan fingerprint density at radius 3 is 3.00 bits per heavy atom. The Morgan fingerprint density at radius 1 is 1.50 bits per heavy atom. The Labute approximate surface area is 95.9 Å². The molecule has 1 rings (SSSR count). The first-order valence-corrected chi connectivity index (χ1v) is 5.21. The van der Waals surface area contributed by atoms with Crippen LogP contribution in [0.15, 0.2) is 42.6 Å². The zero-order valence-corrected chi connectivity index (χ0v) is 9.60. The Bertz CT molecular complexity index is 408. The Kier molecular flexibility index (Phi) is 4.99. The quantitative estimate of drug-likeness (QED) is 0.619. The van der Waals surface area contributed by atoms with Crippen molar-refractivity contribution in [3.8, 4) is 0 Å². The van der Waals surface area contributed by atoms with Gasteiger partial charge < -0.3 is 5.32 Å². The number of aromatic nitrogens is 1. The fraction of sp³-hybridized carbons (Fsp3) is 0.231. The summed E-state index contributed by atoms with van der Waals surface area (Å²) in [7, 11) is 0. The molecule has 84 valence electrons. The Hall–Kier alpha value is -1.90. The van der Waals surface area contributed by atoms with Gasteiger partial charge in [0.1, 0.15) is 0 Å². The van der Waals surface area contributed by atoms with E-state index in [1.54, 1.807) is 12.3 Å². The minimum absolute atomic E-state index is 0.108. The fourth-order valence-electron chi connectivity index (χ4n) is 1.19. The molecule has 0 saturated heterocycles. The van der Waals surface area contributed by atoms with Crippen LogP contribution in [-0.2, 0) is 11.3 Å². The molecule has 0 saturated carbocycles. The van der Waals surface area contributed by atoms with E-state index in [4.69, 9.17) is 0 Å². The molecule has 0 unspecified atom stereocenters. The molecule has 0 aromatic carbocycles. The monoisotopic (exact) mass is 216 g/mol. The van der Waals surface area contributed by atoms with Crippen LogP contribution in [0.2, 0.25) is 0 Å². The number of nitrogens with zero attached hydrogens (tertiary/aromatic N) is 1. The van der Waals surface area contributed by atoms with Crippen LogP contribution in [0.4, 0.5) is 0 Å². The van der Waals surface area contributed by atoms with Crippen LogP contribution in [0.5, 0.6) is 0 Å². The highest BCUT2D eigenvalue weighted by Crippen LogP contribution is 2.01. The SMILES string of the molecule is C/C=C/C=C/C(=O)NCc1ncccc1C. The number of aryl methyl sites for hydroxylation is 1. The summed E-state index contributed by atoms with van der Waals surface area (Å²) in [6.45, 7) is 4.34. The van der Waals surface area contributed by atoms with Crippen molar-refractivity contribution >= 4 is 5.91 Å². The van der Waals surface area contributed by atoms with Crippen molar-refractivity contribution in [1.29, 1.82) is 0 Å². The van der Waals surface area contributed by atoms with Crippen molar-refractivity contribution in [2.24, 2.45) is 0 Å². The number of carbonyl (C=O) groups is 1. The topological polar surface area (TPSA) is 42.0 Å². The minimum atomic E-state index is -0.108. The minimum Gasteiger partial charge on any atom is -0.347 e. The van der Waals surface area contributed by atoms with E-state index in [9.17, 15) is 4.79 Å². The summed E-state index contributed by atoms with van der Waals surface area (Å²) in [5.74, 6) is -0.108. The lowest BCUT2D eigenvalue weighted by molar-refractivity contribution is -0.116. The maximum Gasteiger partial charge on any atom is 0.244 e. The van der Waals surface area contributed by atoms with Gasteiger partial charge in [-0.1, -0.05) is 24.3 Å². The number of carbonyl (C=O) groups excluding carboxylic acids is 1. The fourth-order valence-corrected chi connectivity index (χ4v) is 1.19. The van der Waals surface area contributed by atoms with Gasteiger partial charge in [0.2, 0.25) is 5.91 Å². The molecule has 0 bridgehead atoms. The molecule has 0 aliphatic heterocycles. The van der Waals surface area contributed by atoms with Crippen LogP contribution in [0.3, 0.4) is 0 Å². The molecule has 0 atom stereocenters. The molecule has 1 amide bonds. The van der Waals surface area contributed by atoms with Gasteiger partial charge in [0, 0.05) is 12.3 Å². The van der Waals surface area contributed by atoms with Crippen LogP contribution in [0, 0.1) is 6.92 Å². The second kappa shape index (κ2) is 6.56. The number of hydrogen-bond donors (Lipinski definition) is 1. The molecule has 16 heavy (non-hydrogen) atoms. The van der Waals surface area contributed by atoms with Crippen LogP contribution >= 0.6 is 0 Å². The number of nitrogens with one attached hydrogen (secondary N) is 1. The van der Waals surface area contributed by atoms with Crippen molar-refractivity contribution in [3.63, 3.8) is 0 Å². The first kappa shape index (κ1) is 12.2. The molecular weight excluding hydrogens is 200 g/mol. The van der Waals surface area contributed by atoms with Crippen molar-refractivity contribution in [3.05, 3.63) is 53.9 Å². The molecule has 3 heteroatoms. The maximum atomic E-state index is 11.3. The summed E-state index contributed by atoms with van der Waals surface area (Å²) in [6, 6.07) is 3.86. The summed E-state index contributed by atoms with van der Waals surface area (Å²) in [5, 5.41) is 2.78. The second-order valence-corrected chi connectivity index (χ2v) is 3.37. The first-order chi connectivity index (χ1) is 7.74. The van der Waals surface area contributed by atoms with Crippen LogP contribution < -0.4 is 5.32 Å². The van der Waals surface area contributed by atoms with E-state index in [-0.39, 0.29) is 5.91 Å². The van der Waals surface area contributed by atoms with E-state index >= 15 is 0 Å². The van der Waals surface area contributed by atoms with Gasteiger partial charge in [-0.15, -0.1) is 0 Å². The van der Waals surface area contributed by atoms with Crippen LogP contribution in [0.1, 0.15) is 18.2 Å². The number of allylic oxidation sites excluding steroid dienone is 3. The molecule has 1 aromatic heterocycles. The first-order valence-electron chi connectivity index (χ1n) is 5.21. The van der Waals surface area contributed by atoms with Gasteiger partial charge in [-0.3, -0.25) is 9.78 Å². The van der Waals surface area contributed by atoms with Gasteiger partial charge in [0.15, 0.2) is 0 Å². The molecule has 0 spiro atoms. The standard InChI is InChI=1S/C13H16N2O/c1-3-4-5-8-13(16)15-10-12-11(2)7-6-9-14-12/h3-9H,10H2,1-2H3,(H,15,16)/b4-3+,8-5+. The molecule has 1 aromatic rings. The third-order valence-corrected chi connectivity index (χ3v) is 2.10. The van der Waals surface area contributed by atoms with Gasteiger partial charge in [0.25, 0.3) is 0 Å². The van der Waals surface area contributed by atoms with Crippen LogP contribution in [0.25, 0.3) is 0 Å². The van der Waals surface area contributed by atoms with E-state index in [1.165, 1.54) is 6.08 Å². The average Bonchev–Trinajstić information content (AvgIpc) is 2.28. The lowest BCUT2D eigenvalue weighted by atomic mass is 10.2. The van der Waals surface area contributed by atoms with Crippen molar-refractivity contribution in [1.82, 2.24) is 10.3 Å². The molecule has 0 fully saturated rings. The summed E-state index contributed by atoms with van der Waals surface area (Å²) in [5.41, 5.74) is 1.98. The van der Waals surface area contributed by atoms with Gasteiger partial charge in [-0.25, -0.2) is 0 Å². The molecule has 3 nitrogen and oxygen atoms in total. The predicted octanol–water partition coefficient (Wildman–Crippen LogP) is 2.14. The highest BCUT2D eigenvalue weighted by atomic mass is 16.1. The molecule has 1 heterocycles. The lowest BCUT2D eigenvalue weighted by Crippen LogP contribution is -2.21. The average molecular weight is 216 g/mol. The van der Waals surface area contributed by atoms with Gasteiger partial charge >= 0.3 is 0 Å². The van der Waals surface area contributed by atoms with Crippen LogP contribution in [-0.4, -0.2) is 10.9 Å². The van der Waals surface area contributed by atoms with E-state index in [0.29, 0.717) is 6.54 Å². The smallest absolute Gasteiger partial charge is 0.244 e. The highest BCUT2D eigenvalue weighted by molar-refractivity contribution is 5.87. The second-order valence-electron chi connectivity index (χ2n) is 3.37. The summed E-state index contributed by atoms with van der Waals surface area (Å²) >= 11 is 0. The Morgan fingerprint density at radius 2 is 2.31 bits per heavy atom. The Balaban J connectivity index is 2.46. The summed E-state index contributed by atoms with van der Waals surface area (Å²) in [6.07, 6.45) is 8.61. The number of rotatable bonds is 4.